The van der Waals surface area contributed by atoms with Gasteiger partial charge in [0.25, 0.3) is 0 Å². The van der Waals surface area contributed by atoms with Gasteiger partial charge in [-0.1, -0.05) is 5.16 Å². The molecule has 2 aromatic rings. The van der Waals surface area contributed by atoms with Crippen LogP contribution in [0.5, 0.6) is 0 Å². The molecule has 0 bridgehead atoms. The molecule has 116 valence electrons. The highest BCUT2D eigenvalue weighted by atomic mass is 32.2. The number of rotatable bonds is 6. The molecule has 2 aromatic heterocycles. The van der Waals surface area contributed by atoms with Gasteiger partial charge in [-0.05, 0) is 32.4 Å². The van der Waals surface area contributed by atoms with Crippen LogP contribution in [0, 0.1) is 0 Å². The molecule has 0 aliphatic carbocycles. The first-order valence-corrected chi connectivity index (χ1v) is 8.67. The average molecular weight is 312 g/mol. The molecule has 1 atom stereocenters. The molecular formula is C13H20N4O3S. The molecule has 7 nitrogen and oxygen atoms in total. The molecule has 2 heterocycles. The number of hydrogen-bond acceptors (Lipinski definition) is 6. The minimum atomic E-state index is -3.06. The van der Waals surface area contributed by atoms with E-state index in [1.54, 1.807) is 0 Å². The maximum absolute atomic E-state index is 11.2. The van der Waals surface area contributed by atoms with Crippen LogP contribution in [0.15, 0.2) is 29.0 Å². The van der Waals surface area contributed by atoms with Gasteiger partial charge in [0.05, 0.1) is 11.8 Å². The summed E-state index contributed by atoms with van der Waals surface area (Å²) in [6.45, 7) is 3.92. The largest absolute Gasteiger partial charge is 0.341 e. The topological polar surface area (TPSA) is 104 Å². The summed E-state index contributed by atoms with van der Waals surface area (Å²) in [6.07, 6.45) is 5.26. The van der Waals surface area contributed by atoms with Gasteiger partial charge in [0.2, 0.25) is 5.89 Å². The summed E-state index contributed by atoms with van der Waals surface area (Å²) in [6, 6.07) is 3.25. The van der Waals surface area contributed by atoms with Crippen LogP contribution in [0.3, 0.4) is 0 Å². The van der Waals surface area contributed by atoms with Gasteiger partial charge >= 0.3 is 0 Å². The quantitative estimate of drug-likeness (QED) is 0.856. The van der Waals surface area contributed by atoms with Crippen molar-refractivity contribution in [2.24, 2.45) is 5.73 Å². The van der Waals surface area contributed by atoms with Crippen molar-refractivity contribution in [2.45, 2.75) is 31.8 Å². The van der Waals surface area contributed by atoms with E-state index in [-0.39, 0.29) is 18.1 Å². The molecule has 0 saturated heterocycles. The highest BCUT2D eigenvalue weighted by Crippen LogP contribution is 2.24. The van der Waals surface area contributed by atoms with Crippen molar-refractivity contribution in [3.8, 4) is 0 Å². The fourth-order valence-corrected chi connectivity index (χ4v) is 2.60. The molecule has 0 aliphatic rings. The second-order valence-corrected chi connectivity index (χ2v) is 7.89. The standard InChI is InChI=1S/C13H20N4O3S/c1-13(2,17-7-4-5-8-17)12-15-11(20-16-12)10(14)6-9-21(3,18)19/h4-5,7-8,10H,6,9,14H2,1-3H3/t10-/m1/s1. The SMILES string of the molecule is CC(C)(c1noc([C@H](N)CCS(C)(=O)=O)n1)n1cccc1. The first kappa shape index (κ1) is 15.7. The monoisotopic (exact) mass is 312 g/mol. The molecule has 0 radical (unpaired) electrons. The fourth-order valence-electron chi connectivity index (χ4n) is 1.92. The van der Waals surface area contributed by atoms with Crippen LogP contribution in [-0.4, -0.2) is 35.1 Å². The first-order chi connectivity index (χ1) is 9.70. The van der Waals surface area contributed by atoms with Crippen LogP contribution in [0.2, 0.25) is 0 Å². The molecule has 0 unspecified atom stereocenters. The zero-order chi connectivity index (χ0) is 15.7. The second-order valence-electron chi connectivity index (χ2n) is 5.63. The Kier molecular flexibility index (Phi) is 4.20. The van der Waals surface area contributed by atoms with E-state index < -0.39 is 21.4 Å². The summed E-state index contributed by atoms with van der Waals surface area (Å²) >= 11 is 0. The van der Waals surface area contributed by atoms with E-state index in [2.05, 4.69) is 10.1 Å². The predicted molar refractivity (Wildman–Crippen MR) is 78.4 cm³/mol. The summed E-state index contributed by atoms with van der Waals surface area (Å²) in [4.78, 5) is 4.32. The Morgan fingerprint density at radius 2 is 2.00 bits per heavy atom. The Morgan fingerprint density at radius 1 is 1.38 bits per heavy atom. The maximum Gasteiger partial charge on any atom is 0.243 e. The van der Waals surface area contributed by atoms with E-state index in [4.69, 9.17) is 10.3 Å². The summed E-state index contributed by atoms with van der Waals surface area (Å²) in [7, 11) is -3.06. The molecule has 2 rings (SSSR count). The van der Waals surface area contributed by atoms with Crippen molar-refractivity contribution in [1.82, 2.24) is 14.7 Å². The Balaban J connectivity index is 2.14. The third-order valence-corrected chi connectivity index (χ3v) is 4.33. The van der Waals surface area contributed by atoms with E-state index >= 15 is 0 Å². The van der Waals surface area contributed by atoms with Crippen LogP contribution in [0.4, 0.5) is 0 Å². The van der Waals surface area contributed by atoms with Gasteiger partial charge in [-0.25, -0.2) is 8.42 Å². The van der Waals surface area contributed by atoms with Crippen molar-refractivity contribution in [2.75, 3.05) is 12.0 Å². The van der Waals surface area contributed by atoms with Crippen molar-refractivity contribution in [3.05, 3.63) is 36.2 Å². The number of sulfone groups is 1. The molecule has 8 heteroatoms. The lowest BCUT2D eigenvalue weighted by atomic mass is 10.1. The number of nitrogens with two attached hydrogens (primary N) is 1. The molecule has 2 N–H and O–H groups in total. The van der Waals surface area contributed by atoms with Crippen molar-refractivity contribution in [3.63, 3.8) is 0 Å². The summed E-state index contributed by atoms with van der Waals surface area (Å²) in [5.74, 6) is 0.754. The van der Waals surface area contributed by atoms with Crippen LogP contribution in [-0.2, 0) is 15.4 Å². The van der Waals surface area contributed by atoms with E-state index in [9.17, 15) is 8.42 Å². The minimum Gasteiger partial charge on any atom is -0.341 e. The van der Waals surface area contributed by atoms with Gasteiger partial charge in [-0.15, -0.1) is 0 Å². The summed E-state index contributed by atoms with van der Waals surface area (Å²) in [5.41, 5.74) is 5.44. The van der Waals surface area contributed by atoms with Gasteiger partial charge < -0.3 is 14.8 Å². The number of hydrogen-bond donors (Lipinski definition) is 1. The zero-order valence-electron chi connectivity index (χ0n) is 12.4. The lowest BCUT2D eigenvalue weighted by Crippen LogP contribution is -2.28. The highest BCUT2D eigenvalue weighted by molar-refractivity contribution is 7.90. The van der Waals surface area contributed by atoms with Crippen molar-refractivity contribution in [1.29, 1.82) is 0 Å². The molecule has 21 heavy (non-hydrogen) atoms. The van der Waals surface area contributed by atoms with Gasteiger partial charge in [0.1, 0.15) is 15.4 Å². The number of aromatic nitrogens is 3. The van der Waals surface area contributed by atoms with Crippen LogP contribution < -0.4 is 5.73 Å². The highest BCUT2D eigenvalue weighted by Gasteiger charge is 2.29. The molecule has 0 saturated carbocycles. The molecular weight excluding hydrogens is 292 g/mol. The number of nitrogens with zero attached hydrogens (tertiary/aromatic N) is 3. The minimum absolute atomic E-state index is 0.00707. The van der Waals surface area contributed by atoms with E-state index in [1.165, 1.54) is 6.26 Å². The van der Waals surface area contributed by atoms with Gasteiger partial charge in [-0.2, -0.15) is 4.98 Å². The predicted octanol–water partition coefficient (Wildman–Crippen LogP) is 1.09. The fraction of sp³-hybridized carbons (Fsp3) is 0.538. The Bertz CT molecular complexity index is 689. The molecule has 0 fully saturated rings. The van der Waals surface area contributed by atoms with Crippen LogP contribution in [0.1, 0.15) is 38.0 Å². The lowest BCUT2D eigenvalue weighted by Gasteiger charge is -2.22. The lowest BCUT2D eigenvalue weighted by molar-refractivity contribution is 0.330. The van der Waals surface area contributed by atoms with Crippen molar-refractivity contribution < 1.29 is 12.9 Å². The Hall–Kier alpha value is -1.67. The second kappa shape index (κ2) is 5.61. The summed E-state index contributed by atoms with van der Waals surface area (Å²) in [5, 5.41) is 3.97. The third-order valence-electron chi connectivity index (χ3n) is 3.36. The first-order valence-electron chi connectivity index (χ1n) is 6.61. The van der Waals surface area contributed by atoms with E-state index in [0.717, 1.165) is 0 Å². The van der Waals surface area contributed by atoms with Crippen molar-refractivity contribution >= 4 is 9.84 Å². The molecule has 0 spiro atoms. The van der Waals surface area contributed by atoms with Gasteiger partial charge in [0.15, 0.2) is 5.82 Å². The Morgan fingerprint density at radius 3 is 2.57 bits per heavy atom. The van der Waals surface area contributed by atoms with E-state index in [0.29, 0.717) is 5.82 Å². The zero-order valence-corrected chi connectivity index (χ0v) is 13.2. The Labute approximate surface area is 124 Å². The molecule has 0 amide bonds. The molecule has 0 aromatic carbocycles. The van der Waals surface area contributed by atoms with Gasteiger partial charge in [0, 0.05) is 18.6 Å². The average Bonchev–Trinajstić information content (AvgIpc) is 3.05. The van der Waals surface area contributed by atoms with Gasteiger partial charge in [-0.3, -0.25) is 0 Å². The van der Waals surface area contributed by atoms with E-state index in [1.807, 2.05) is 42.9 Å². The molecule has 0 aliphatic heterocycles. The third kappa shape index (κ3) is 3.70. The van der Waals surface area contributed by atoms with Crippen LogP contribution in [0.25, 0.3) is 0 Å². The smallest absolute Gasteiger partial charge is 0.243 e. The maximum atomic E-state index is 11.2. The normalized spacial score (nSPS) is 14.3. The van der Waals surface area contributed by atoms with Crippen LogP contribution >= 0.6 is 0 Å². The summed E-state index contributed by atoms with van der Waals surface area (Å²) < 4.78 is 29.5.